The molecule has 2 aliphatic heterocycles. The quantitative estimate of drug-likeness (QED) is 0.460. The van der Waals surface area contributed by atoms with Crippen LogP contribution in [0.2, 0.25) is 0 Å². The summed E-state index contributed by atoms with van der Waals surface area (Å²) in [6, 6.07) is 18.7. The van der Waals surface area contributed by atoms with Crippen molar-refractivity contribution in [3.05, 3.63) is 94.8 Å². The van der Waals surface area contributed by atoms with E-state index >= 15 is 0 Å². The molecule has 2 heterocycles. The van der Waals surface area contributed by atoms with Gasteiger partial charge in [0.15, 0.2) is 0 Å². The van der Waals surface area contributed by atoms with Crippen molar-refractivity contribution in [1.29, 1.82) is 0 Å². The monoisotopic (exact) mass is 513 g/mol. The van der Waals surface area contributed by atoms with Crippen LogP contribution >= 0.6 is 0 Å². The van der Waals surface area contributed by atoms with Gasteiger partial charge >= 0.3 is 0 Å². The molecule has 0 spiro atoms. The summed E-state index contributed by atoms with van der Waals surface area (Å²) in [5.74, 6) is -0.803. The fraction of sp³-hybridized carbons (Fsp3) is 0.323. The highest BCUT2D eigenvalue weighted by Gasteiger charge is 2.30. The molecule has 3 aromatic carbocycles. The van der Waals surface area contributed by atoms with Gasteiger partial charge in [0.05, 0.1) is 0 Å². The zero-order valence-corrected chi connectivity index (χ0v) is 21.6. The lowest BCUT2D eigenvalue weighted by Gasteiger charge is -2.25. The van der Waals surface area contributed by atoms with Crippen LogP contribution in [0.15, 0.2) is 66.7 Å². The normalized spacial score (nSPS) is 17.1. The molecule has 0 aliphatic carbocycles. The van der Waals surface area contributed by atoms with Gasteiger partial charge < -0.3 is 15.1 Å². The molecular formula is C31H32FN3O3. The molecule has 196 valence electrons. The number of hydrogen-bond acceptors (Lipinski definition) is 3. The van der Waals surface area contributed by atoms with Gasteiger partial charge in [0.1, 0.15) is 5.82 Å². The average Bonchev–Trinajstić information content (AvgIpc) is 3.41. The number of fused-ring (bicyclic) bond motifs is 1. The third-order valence-corrected chi connectivity index (χ3v) is 7.56. The summed E-state index contributed by atoms with van der Waals surface area (Å²) in [5, 5.41) is 2.88. The SMILES string of the molecule is Cc1ccccc1C(=O)Nc1ccc(C(=O)N2CCCC(CC(=O)N3CCCC3)c3cc(F)ccc32)cc1. The Morgan fingerprint density at radius 1 is 0.921 bits per heavy atom. The van der Waals surface area contributed by atoms with Crippen molar-refractivity contribution in [3.8, 4) is 0 Å². The van der Waals surface area contributed by atoms with Crippen molar-refractivity contribution in [2.75, 3.05) is 29.9 Å². The van der Waals surface area contributed by atoms with Gasteiger partial charge in [0.25, 0.3) is 11.8 Å². The molecule has 38 heavy (non-hydrogen) atoms. The van der Waals surface area contributed by atoms with Gasteiger partial charge in [-0.1, -0.05) is 18.2 Å². The lowest BCUT2D eigenvalue weighted by Crippen LogP contribution is -2.32. The summed E-state index contributed by atoms with van der Waals surface area (Å²) in [6.07, 6.45) is 3.80. The third kappa shape index (κ3) is 5.47. The van der Waals surface area contributed by atoms with Crippen molar-refractivity contribution in [3.63, 3.8) is 0 Å². The van der Waals surface area contributed by atoms with Crippen molar-refractivity contribution in [2.24, 2.45) is 0 Å². The molecule has 0 bridgehead atoms. The van der Waals surface area contributed by atoms with E-state index in [1.807, 2.05) is 30.0 Å². The number of anilines is 2. The van der Waals surface area contributed by atoms with Gasteiger partial charge in [-0.15, -0.1) is 0 Å². The number of halogens is 1. The number of aryl methyl sites for hydroxylation is 1. The maximum atomic E-state index is 14.4. The number of likely N-dealkylation sites (tertiary alicyclic amines) is 1. The topological polar surface area (TPSA) is 69.7 Å². The number of carbonyl (C=O) groups excluding carboxylic acids is 3. The summed E-state index contributed by atoms with van der Waals surface area (Å²) in [4.78, 5) is 42.7. The highest BCUT2D eigenvalue weighted by Crippen LogP contribution is 2.38. The molecule has 2 aliphatic rings. The molecule has 6 nitrogen and oxygen atoms in total. The molecule has 3 aromatic rings. The second-order valence-corrected chi connectivity index (χ2v) is 10.1. The van der Waals surface area contributed by atoms with Crippen molar-refractivity contribution >= 4 is 29.1 Å². The molecular weight excluding hydrogens is 481 g/mol. The number of hydrogen-bond donors (Lipinski definition) is 1. The van der Waals surface area contributed by atoms with Crippen molar-refractivity contribution in [2.45, 2.75) is 44.9 Å². The van der Waals surface area contributed by atoms with Gasteiger partial charge in [-0.25, -0.2) is 4.39 Å². The number of nitrogens with one attached hydrogen (secondary N) is 1. The van der Waals surface area contributed by atoms with E-state index in [1.54, 1.807) is 41.3 Å². The molecule has 0 saturated carbocycles. The number of nitrogens with zero attached hydrogens (tertiary/aromatic N) is 2. The fourth-order valence-corrected chi connectivity index (χ4v) is 5.48. The lowest BCUT2D eigenvalue weighted by atomic mass is 9.90. The van der Waals surface area contributed by atoms with Crippen molar-refractivity contribution in [1.82, 2.24) is 4.90 Å². The number of amides is 3. The third-order valence-electron chi connectivity index (χ3n) is 7.56. The largest absolute Gasteiger partial charge is 0.343 e. The molecule has 1 N–H and O–H groups in total. The minimum absolute atomic E-state index is 0.103. The molecule has 1 saturated heterocycles. The summed E-state index contributed by atoms with van der Waals surface area (Å²) in [6.45, 7) is 3.94. The van der Waals surface area contributed by atoms with Crippen LogP contribution in [0.1, 0.15) is 69.9 Å². The summed E-state index contributed by atoms with van der Waals surface area (Å²) in [7, 11) is 0. The highest BCUT2D eigenvalue weighted by atomic mass is 19.1. The first-order chi connectivity index (χ1) is 18.4. The van der Waals surface area contributed by atoms with E-state index in [4.69, 9.17) is 0 Å². The molecule has 1 unspecified atom stereocenters. The lowest BCUT2D eigenvalue weighted by molar-refractivity contribution is -0.130. The molecule has 0 radical (unpaired) electrons. The number of rotatable bonds is 5. The first kappa shape index (κ1) is 25.6. The van der Waals surface area contributed by atoms with Crippen molar-refractivity contribution < 1.29 is 18.8 Å². The fourth-order valence-electron chi connectivity index (χ4n) is 5.48. The zero-order valence-electron chi connectivity index (χ0n) is 21.6. The smallest absolute Gasteiger partial charge is 0.258 e. The van der Waals surface area contributed by atoms with E-state index in [0.717, 1.165) is 31.5 Å². The van der Waals surface area contributed by atoms with Crippen LogP contribution in [-0.2, 0) is 4.79 Å². The van der Waals surface area contributed by atoms with Crippen LogP contribution in [0.25, 0.3) is 0 Å². The Kier molecular flexibility index (Phi) is 7.54. The zero-order chi connectivity index (χ0) is 26.6. The Hall–Kier alpha value is -4.00. The molecule has 7 heteroatoms. The van der Waals surface area contributed by atoms with Gasteiger partial charge in [-0.05, 0) is 98.2 Å². The molecule has 1 fully saturated rings. The first-order valence-corrected chi connectivity index (χ1v) is 13.3. The van der Waals surface area contributed by atoms with Crippen LogP contribution in [0.4, 0.5) is 15.8 Å². The highest BCUT2D eigenvalue weighted by molar-refractivity contribution is 6.08. The summed E-state index contributed by atoms with van der Waals surface area (Å²) in [5.41, 5.74) is 3.91. The van der Waals surface area contributed by atoms with E-state index < -0.39 is 0 Å². The molecule has 5 rings (SSSR count). The molecule has 1 atom stereocenters. The van der Waals surface area contributed by atoms with Gasteiger partial charge in [-0.2, -0.15) is 0 Å². The predicted molar refractivity (Wildman–Crippen MR) is 146 cm³/mol. The minimum atomic E-state index is -0.370. The predicted octanol–water partition coefficient (Wildman–Crippen LogP) is 5.92. The summed E-state index contributed by atoms with van der Waals surface area (Å²) < 4.78 is 14.4. The van der Waals surface area contributed by atoms with Gasteiger partial charge in [-0.3, -0.25) is 14.4 Å². The van der Waals surface area contributed by atoms with Crippen LogP contribution < -0.4 is 10.2 Å². The Morgan fingerprint density at radius 3 is 2.39 bits per heavy atom. The Balaban J connectivity index is 1.34. The average molecular weight is 514 g/mol. The van der Waals surface area contributed by atoms with Crippen LogP contribution in [0, 0.1) is 12.7 Å². The maximum Gasteiger partial charge on any atom is 0.258 e. The number of benzene rings is 3. The molecule has 0 aromatic heterocycles. The maximum absolute atomic E-state index is 14.4. The Morgan fingerprint density at radius 2 is 1.66 bits per heavy atom. The first-order valence-electron chi connectivity index (χ1n) is 13.3. The summed E-state index contributed by atoms with van der Waals surface area (Å²) >= 11 is 0. The Bertz CT molecular complexity index is 1350. The minimum Gasteiger partial charge on any atom is -0.343 e. The van der Waals surface area contributed by atoms with Gasteiger partial charge in [0.2, 0.25) is 5.91 Å². The van der Waals surface area contributed by atoms with E-state index in [2.05, 4.69) is 5.32 Å². The Labute approximate surface area is 222 Å². The van der Waals surface area contributed by atoms with Crippen LogP contribution in [-0.4, -0.2) is 42.3 Å². The second kappa shape index (κ2) is 11.2. The van der Waals surface area contributed by atoms with E-state index in [-0.39, 0.29) is 29.5 Å². The second-order valence-electron chi connectivity index (χ2n) is 10.1. The van der Waals surface area contributed by atoms with Gasteiger partial charge in [0, 0.05) is 48.6 Å². The van der Waals surface area contributed by atoms with Crippen LogP contribution in [0.5, 0.6) is 0 Å². The standard InChI is InChI=1S/C31H32FN3O3/c1-21-7-2-3-9-26(21)30(37)33-25-13-10-22(11-14-25)31(38)35-18-6-8-23(19-29(36)34-16-4-5-17-34)27-20-24(32)12-15-28(27)35/h2-3,7,9-15,20,23H,4-6,8,16-19H2,1H3,(H,33,37). The van der Waals surface area contributed by atoms with E-state index in [9.17, 15) is 18.8 Å². The number of carbonyl (C=O) groups is 3. The van der Waals surface area contributed by atoms with E-state index in [1.165, 1.54) is 12.1 Å². The van der Waals surface area contributed by atoms with Crippen LogP contribution in [0.3, 0.4) is 0 Å². The van der Waals surface area contributed by atoms with E-state index in [0.29, 0.717) is 53.9 Å². The molecule has 3 amide bonds.